The van der Waals surface area contributed by atoms with E-state index in [4.69, 9.17) is 5.73 Å². The Morgan fingerprint density at radius 2 is 2.40 bits per heavy atom. The lowest BCUT2D eigenvalue weighted by molar-refractivity contribution is 0.288. The maximum absolute atomic E-state index is 5.47. The fourth-order valence-corrected chi connectivity index (χ4v) is 2.02. The summed E-state index contributed by atoms with van der Waals surface area (Å²) in [6.07, 6.45) is 6.02. The molecule has 1 aliphatic heterocycles. The van der Waals surface area contributed by atoms with Gasteiger partial charge in [-0.3, -0.25) is 4.90 Å². The average Bonchev–Trinajstić information content (AvgIpc) is 2.48. The maximum atomic E-state index is 5.47. The summed E-state index contributed by atoms with van der Waals surface area (Å²) in [4.78, 5) is 2.48. The van der Waals surface area contributed by atoms with Crippen molar-refractivity contribution in [1.29, 1.82) is 0 Å². The smallest absolute Gasteiger partial charge is 0.0285 e. The molecule has 2 N–H and O–H groups in total. The number of rotatable bonds is 2. The Morgan fingerprint density at radius 1 is 1.50 bits per heavy atom. The molecule has 1 fully saturated rings. The Kier molecular flexibility index (Phi) is 1.51. The number of hydrogen-bond donors (Lipinski definition) is 1. The lowest BCUT2D eigenvalue weighted by Gasteiger charge is -2.22. The van der Waals surface area contributed by atoms with Crippen LogP contribution in [0.25, 0.3) is 0 Å². The van der Waals surface area contributed by atoms with Gasteiger partial charge in [-0.15, -0.1) is 0 Å². The Bertz CT molecular complexity index is 153. The molecule has 0 aromatic carbocycles. The predicted molar refractivity (Wildman–Crippen MR) is 41.7 cm³/mol. The molecule has 2 atom stereocenters. The van der Waals surface area contributed by atoms with Gasteiger partial charge in [-0.1, -0.05) is 12.2 Å². The summed E-state index contributed by atoms with van der Waals surface area (Å²) >= 11 is 0. The predicted octanol–water partition coefficient (Wildman–Crippen LogP) is 0.205. The molecule has 0 radical (unpaired) electrons. The van der Waals surface area contributed by atoms with E-state index in [1.165, 1.54) is 13.0 Å². The quantitative estimate of drug-likeness (QED) is 0.552. The van der Waals surface area contributed by atoms with Gasteiger partial charge in [0, 0.05) is 25.7 Å². The SMILES string of the molecule is NCCN1C[C@H]2C=C[C@@H]1C2. The molecule has 1 heterocycles. The van der Waals surface area contributed by atoms with E-state index < -0.39 is 0 Å². The zero-order valence-electron chi connectivity index (χ0n) is 6.16. The Balaban J connectivity index is 1.96. The lowest BCUT2D eigenvalue weighted by atomic mass is 10.2. The molecule has 0 amide bonds. The van der Waals surface area contributed by atoms with Crippen LogP contribution in [0.15, 0.2) is 12.2 Å². The van der Waals surface area contributed by atoms with Crippen LogP contribution < -0.4 is 5.73 Å². The summed E-state index contributed by atoms with van der Waals surface area (Å²) in [6, 6.07) is 0.730. The highest BCUT2D eigenvalue weighted by Gasteiger charge is 2.32. The van der Waals surface area contributed by atoms with E-state index in [2.05, 4.69) is 17.1 Å². The van der Waals surface area contributed by atoms with Gasteiger partial charge in [-0.05, 0) is 12.3 Å². The zero-order chi connectivity index (χ0) is 6.97. The van der Waals surface area contributed by atoms with Crippen LogP contribution in [0.4, 0.5) is 0 Å². The van der Waals surface area contributed by atoms with Crippen LogP contribution in [0.1, 0.15) is 6.42 Å². The average molecular weight is 138 g/mol. The Morgan fingerprint density at radius 3 is 2.90 bits per heavy atom. The second kappa shape index (κ2) is 2.36. The van der Waals surface area contributed by atoms with Crippen molar-refractivity contribution >= 4 is 0 Å². The first-order valence-corrected chi connectivity index (χ1v) is 4.02. The maximum Gasteiger partial charge on any atom is 0.0285 e. The third-order valence-electron chi connectivity index (χ3n) is 2.50. The summed E-state index contributed by atoms with van der Waals surface area (Å²) in [7, 11) is 0. The highest BCUT2D eigenvalue weighted by Crippen LogP contribution is 2.30. The molecule has 1 aliphatic carbocycles. The highest BCUT2D eigenvalue weighted by molar-refractivity contribution is 5.12. The van der Waals surface area contributed by atoms with E-state index in [-0.39, 0.29) is 0 Å². The fourth-order valence-electron chi connectivity index (χ4n) is 2.02. The van der Waals surface area contributed by atoms with Gasteiger partial charge < -0.3 is 5.73 Å². The van der Waals surface area contributed by atoms with Crippen molar-refractivity contribution in [1.82, 2.24) is 4.90 Å². The number of likely N-dealkylation sites (tertiary alicyclic amines) is 1. The van der Waals surface area contributed by atoms with Crippen molar-refractivity contribution in [2.45, 2.75) is 12.5 Å². The van der Waals surface area contributed by atoms with Gasteiger partial charge in [-0.25, -0.2) is 0 Å². The molecular weight excluding hydrogens is 124 g/mol. The van der Waals surface area contributed by atoms with E-state index in [0.29, 0.717) is 0 Å². The van der Waals surface area contributed by atoms with Gasteiger partial charge in [0.2, 0.25) is 0 Å². The van der Waals surface area contributed by atoms with Crippen LogP contribution in [0.2, 0.25) is 0 Å². The first-order chi connectivity index (χ1) is 4.90. The molecule has 56 valence electrons. The normalized spacial score (nSPS) is 37.7. The molecule has 1 saturated heterocycles. The minimum atomic E-state index is 0.730. The number of fused-ring (bicyclic) bond motifs is 2. The highest BCUT2D eigenvalue weighted by atomic mass is 15.2. The minimum Gasteiger partial charge on any atom is -0.329 e. The molecule has 0 aromatic heterocycles. The summed E-state index contributed by atoms with van der Waals surface area (Å²) in [5.74, 6) is 0.844. The molecule has 2 bridgehead atoms. The third-order valence-corrected chi connectivity index (χ3v) is 2.50. The Labute approximate surface area is 61.7 Å². The van der Waals surface area contributed by atoms with Crippen LogP contribution in [0.3, 0.4) is 0 Å². The molecule has 0 spiro atoms. The third kappa shape index (κ3) is 0.879. The molecule has 0 aromatic rings. The number of hydrogen-bond acceptors (Lipinski definition) is 2. The van der Waals surface area contributed by atoms with Crippen molar-refractivity contribution in [3.05, 3.63) is 12.2 Å². The lowest BCUT2D eigenvalue weighted by Crippen LogP contribution is -2.34. The van der Waals surface area contributed by atoms with Crippen molar-refractivity contribution < 1.29 is 0 Å². The molecule has 2 heteroatoms. The largest absolute Gasteiger partial charge is 0.329 e. The zero-order valence-corrected chi connectivity index (χ0v) is 6.16. The summed E-state index contributed by atoms with van der Waals surface area (Å²) in [5, 5.41) is 0. The molecule has 2 aliphatic rings. The number of nitrogens with two attached hydrogens (primary N) is 1. The summed E-state index contributed by atoms with van der Waals surface area (Å²) in [6.45, 7) is 3.13. The molecule has 0 unspecified atom stereocenters. The van der Waals surface area contributed by atoms with Crippen LogP contribution >= 0.6 is 0 Å². The van der Waals surface area contributed by atoms with Crippen LogP contribution in [0.5, 0.6) is 0 Å². The second-order valence-electron chi connectivity index (χ2n) is 3.23. The van der Waals surface area contributed by atoms with E-state index >= 15 is 0 Å². The van der Waals surface area contributed by atoms with Crippen molar-refractivity contribution in [2.75, 3.05) is 19.6 Å². The summed E-state index contributed by atoms with van der Waals surface area (Å²) < 4.78 is 0. The van der Waals surface area contributed by atoms with E-state index in [0.717, 1.165) is 25.0 Å². The first-order valence-electron chi connectivity index (χ1n) is 4.02. The topological polar surface area (TPSA) is 29.3 Å². The molecule has 10 heavy (non-hydrogen) atoms. The molecule has 2 rings (SSSR count). The molecule has 2 nitrogen and oxygen atoms in total. The minimum absolute atomic E-state index is 0.730. The Hall–Kier alpha value is -0.340. The summed E-state index contributed by atoms with van der Waals surface area (Å²) in [5.41, 5.74) is 5.47. The number of nitrogens with zero attached hydrogens (tertiary/aromatic N) is 1. The van der Waals surface area contributed by atoms with Gasteiger partial charge in [0.05, 0.1) is 0 Å². The van der Waals surface area contributed by atoms with Gasteiger partial charge in [0.15, 0.2) is 0 Å². The van der Waals surface area contributed by atoms with Crippen LogP contribution in [0, 0.1) is 5.92 Å². The van der Waals surface area contributed by atoms with Crippen molar-refractivity contribution in [3.63, 3.8) is 0 Å². The van der Waals surface area contributed by atoms with E-state index in [1.807, 2.05) is 0 Å². The van der Waals surface area contributed by atoms with Crippen molar-refractivity contribution in [2.24, 2.45) is 11.7 Å². The first kappa shape index (κ1) is 6.38. The van der Waals surface area contributed by atoms with Crippen molar-refractivity contribution in [3.8, 4) is 0 Å². The standard InChI is InChI=1S/C8H14N2/c9-3-4-10-6-7-1-2-8(10)5-7/h1-2,7-8H,3-6,9H2/t7-,8+/m0/s1. The van der Waals surface area contributed by atoms with Crippen LogP contribution in [-0.4, -0.2) is 30.6 Å². The van der Waals surface area contributed by atoms with Crippen LogP contribution in [-0.2, 0) is 0 Å². The van der Waals surface area contributed by atoms with E-state index in [1.54, 1.807) is 0 Å². The second-order valence-corrected chi connectivity index (χ2v) is 3.23. The fraction of sp³-hybridized carbons (Fsp3) is 0.750. The van der Waals surface area contributed by atoms with Gasteiger partial charge in [0.25, 0.3) is 0 Å². The van der Waals surface area contributed by atoms with Gasteiger partial charge >= 0.3 is 0 Å². The molecular formula is C8H14N2. The van der Waals surface area contributed by atoms with E-state index in [9.17, 15) is 0 Å². The van der Waals surface area contributed by atoms with Gasteiger partial charge in [0.1, 0.15) is 0 Å². The monoisotopic (exact) mass is 138 g/mol. The molecule has 0 saturated carbocycles. The van der Waals surface area contributed by atoms with Gasteiger partial charge in [-0.2, -0.15) is 0 Å².